The molecule has 0 aliphatic heterocycles. The molecule has 23 heavy (non-hydrogen) atoms. The van der Waals surface area contributed by atoms with Crippen LogP contribution in [0.1, 0.15) is 30.6 Å². The van der Waals surface area contributed by atoms with Gasteiger partial charge in [-0.2, -0.15) is 0 Å². The normalized spacial score (nSPS) is 11.8. The van der Waals surface area contributed by atoms with Crippen LogP contribution in [-0.4, -0.2) is 34.5 Å². The molecule has 1 atom stereocenters. The topological polar surface area (TPSA) is 75.4 Å². The molecule has 7 heteroatoms. The van der Waals surface area contributed by atoms with E-state index in [-0.39, 0.29) is 24.4 Å². The second kappa shape index (κ2) is 7.78. The van der Waals surface area contributed by atoms with Gasteiger partial charge in [-0.05, 0) is 37.6 Å². The van der Waals surface area contributed by atoms with Crippen LogP contribution in [0.2, 0.25) is 5.02 Å². The van der Waals surface area contributed by atoms with Gasteiger partial charge in [0.15, 0.2) is 5.82 Å². The number of hydrogen-bond donors (Lipinski definition) is 1. The first-order valence-corrected chi connectivity index (χ1v) is 7.65. The fraction of sp³-hybridized carbons (Fsp3) is 0.312. The number of benzene rings is 1. The van der Waals surface area contributed by atoms with Crippen LogP contribution in [-0.2, 0) is 4.79 Å². The molecule has 0 unspecified atom stereocenters. The van der Waals surface area contributed by atoms with Gasteiger partial charge < -0.3 is 14.7 Å². The predicted molar refractivity (Wildman–Crippen MR) is 87.4 cm³/mol. The lowest BCUT2D eigenvalue weighted by atomic mass is 10.1. The summed E-state index contributed by atoms with van der Waals surface area (Å²) in [5.74, 6) is -0.231. The standard InChI is InChI=1S/C16H18ClN3O3/c1-3-11(2)20(10-15(21)18-14-8-9-23-19-14)16(22)12-4-6-13(17)7-5-12/h4-9,11H,3,10H2,1-2H3,(H,18,19,21)/t11-/m1/s1. The molecule has 0 aliphatic carbocycles. The highest BCUT2D eigenvalue weighted by Gasteiger charge is 2.23. The summed E-state index contributed by atoms with van der Waals surface area (Å²) >= 11 is 5.84. The Morgan fingerprint density at radius 2 is 2.00 bits per heavy atom. The number of rotatable bonds is 6. The van der Waals surface area contributed by atoms with Crippen LogP contribution in [0.3, 0.4) is 0 Å². The number of hydrogen-bond acceptors (Lipinski definition) is 4. The SMILES string of the molecule is CC[C@@H](C)N(CC(=O)Nc1ccon1)C(=O)c1ccc(Cl)cc1. The number of nitrogens with zero attached hydrogens (tertiary/aromatic N) is 2. The van der Waals surface area contributed by atoms with Crippen molar-refractivity contribution >= 4 is 29.2 Å². The van der Waals surface area contributed by atoms with Crippen LogP contribution >= 0.6 is 11.6 Å². The van der Waals surface area contributed by atoms with Gasteiger partial charge in [0, 0.05) is 22.7 Å². The fourth-order valence-corrected chi connectivity index (χ4v) is 2.15. The number of amides is 2. The van der Waals surface area contributed by atoms with Gasteiger partial charge in [-0.3, -0.25) is 9.59 Å². The van der Waals surface area contributed by atoms with Crippen molar-refractivity contribution in [3.8, 4) is 0 Å². The van der Waals surface area contributed by atoms with E-state index in [0.717, 1.165) is 6.42 Å². The van der Waals surface area contributed by atoms with E-state index < -0.39 is 0 Å². The van der Waals surface area contributed by atoms with Crippen LogP contribution in [0.25, 0.3) is 0 Å². The number of carbonyl (C=O) groups is 2. The van der Waals surface area contributed by atoms with E-state index in [2.05, 4.69) is 15.0 Å². The van der Waals surface area contributed by atoms with E-state index in [0.29, 0.717) is 16.4 Å². The monoisotopic (exact) mass is 335 g/mol. The summed E-state index contributed by atoms with van der Waals surface area (Å²) in [6.07, 6.45) is 2.09. The van der Waals surface area contributed by atoms with Crippen LogP contribution in [0.4, 0.5) is 5.82 Å². The molecule has 0 aliphatic rings. The Kier molecular flexibility index (Phi) is 5.76. The van der Waals surface area contributed by atoms with Crippen LogP contribution < -0.4 is 5.32 Å². The lowest BCUT2D eigenvalue weighted by molar-refractivity contribution is -0.117. The largest absolute Gasteiger partial charge is 0.363 e. The molecule has 0 spiro atoms. The van der Waals surface area contributed by atoms with Crippen LogP contribution in [0.5, 0.6) is 0 Å². The molecule has 0 radical (unpaired) electrons. The molecular weight excluding hydrogens is 318 g/mol. The molecule has 1 N–H and O–H groups in total. The number of halogens is 1. The lowest BCUT2D eigenvalue weighted by Gasteiger charge is -2.28. The molecule has 1 aromatic heterocycles. The van der Waals surface area contributed by atoms with Crippen molar-refractivity contribution in [3.05, 3.63) is 47.2 Å². The second-order valence-corrected chi connectivity index (χ2v) is 5.57. The smallest absolute Gasteiger partial charge is 0.254 e. The Bertz CT molecular complexity index is 656. The fourth-order valence-electron chi connectivity index (χ4n) is 2.02. The number of carbonyl (C=O) groups excluding carboxylic acids is 2. The summed E-state index contributed by atoms with van der Waals surface area (Å²) in [4.78, 5) is 26.3. The molecule has 0 fully saturated rings. The molecule has 0 bridgehead atoms. The van der Waals surface area contributed by atoms with E-state index in [4.69, 9.17) is 11.6 Å². The summed E-state index contributed by atoms with van der Waals surface area (Å²) in [5.41, 5.74) is 0.490. The molecule has 2 rings (SSSR count). The van der Waals surface area contributed by atoms with Crippen molar-refractivity contribution in [1.29, 1.82) is 0 Å². The highest BCUT2D eigenvalue weighted by atomic mass is 35.5. The van der Waals surface area contributed by atoms with Gasteiger partial charge in [0.25, 0.3) is 5.91 Å². The van der Waals surface area contributed by atoms with Crippen molar-refractivity contribution in [2.75, 3.05) is 11.9 Å². The minimum atomic E-state index is -0.332. The summed E-state index contributed by atoms with van der Waals surface area (Å²) in [6, 6.07) is 8.05. The quantitative estimate of drug-likeness (QED) is 0.879. The van der Waals surface area contributed by atoms with Crippen molar-refractivity contribution in [2.45, 2.75) is 26.3 Å². The molecule has 0 saturated carbocycles. The number of anilines is 1. The zero-order valence-corrected chi connectivity index (χ0v) is 13.7. The van der Waals surface area contributed by atoms with E-state index in [1.165, 1.54) is 17.2 Å². The maximum atomic E-state index is 12.7. The zero-order valence-electron chi connectivity index (χ0n) is 13.0. The van der Waals surface area contributed by atoms with E-state index in [1.54, 1.807) is 24.3 Å². The third kappa shape index (κ3) is 4.56. The van der Waals surface area contributed by atoms with Gasteiger partial charge in [0.1, 0.15) is 12.8 Å². The number of aromatic nitrogens is 1. The molecule has 1 aromatic carbocycles. The Morgan fingerprint density at radius 3 is 2.57 bits per heavy atom. The second-order valence-electron chi connectivity index (χ2n) is 5.13. The van der Waals surface area contributed by atoms with Gasteiger partial charge in [0.05, 0.1) is 0 Å². The Balaban J connectivity index is 2.11. The van der Waals surface area contributed by atoms with Gasteiger partial charge in [-0.1, -0.05) is 23.7 Å². The first kappa shape index (κ1) is 17.0. The van der Waals surface area contributed by atoms with Crippen LogP contribution in [0, 0.1) is 0 Å². The first-order valence-electron chi connectivity index (χ1n) is 7.28. The van der Waals surface area contributed by atoms with Crippen molar-refractivity contribution in [2.24, 2.45) is 0 Å². The molecule has 1 heterocycles. The molecule has 2 aromatic rings. The molecule has 2 amide bonds. The highest BCUT2D eigenvalue weighted by Crippen LogP contribution is 2.14. The molecule has 122 valence electrons. The Hall–Kier alpha value is -2.34. The summed E-state index contributed by atoms with van der Waals surface area (Å²) in [5, 5.41) is 6.76. The van der Waals surface area contributed by atoms with Crippen molar-refractivity contribution in [3.63, 3.8) is 0 Å². The predicted octanol–water partition coefficient (Wildman–Crippen LogP) is 3.21. The first-order chi connectivity index (χ1) is 11.0. The summed E-state index contributed by atoms with van der Waals surface area (Å²) in [6.45, 7) is 3.79. The van der Waals surface area contributed by atoms with Gasteiger partial charge >= 0.3 is 0 Å². The lowest BCUT2D eigenvalue weighted by Crippen LogP contribution is -2.43. The van der Waals surface area contributed by atoms with Gasteiger partial charge in [-0.15, -0.1) is 0 Å². The van der Waals surface area contributed by atoms with E-state index >= 15 is 0 Å². The van der Waals surface area contributed by atoms with Gasteiger partial charge in [-0.25, -0.2) is 0 Å². The minimum absolute atomic E-state index is 0.0661. The highest BCUT2D eigenvalue weighted by molar-refractivity contribution is 6.30. The van der Waals surface area contributed by atoms with Crippen molar-refractivity contribution in [1.82, 2.24) is 10.1 Å². The van der Waals surface area contributed by atoms with E-state index in [1.807, 2.05) is 13.8 Å². The maximum absolute atomic E-state index is 12.7. The summed E-state index contributed by atoms with van der Waals surface area (Å²) < 4.78 is 4.66. The average Bonchev–Trinajstić information content (AvgIpc) is 3.05. The third-order valence-corrected chi connectivity index (χ3v) is 3.75. The average molecular weight is 336 g/mol. The third-order valence-electron chi connectivity index (χ3n) is 3.49. The minimum Gasteiger partial charge on any atom is -0.363 e. The van der Waals surface area contributed by atoms with E-state index in [9.17, 15) is 9.59 Å². The molecular formula is C16H18ClN3O3. The maximum Gasteiger partial charge on any atom is 0.254 e. The van der Waals surface area contributed by atoms with Crippen LogP contribution in [0.15, 0.2) is 41.1 Å². The zero-order chi connectivity index (χ0) is 16.8. The van der Waals surface area contributed by atoms with Crippen molar-refractivity contribution < 1.29 is 14.1 Å². The number of nitrogens with one attached hydrogen (secondary N) is 1. The Labute approximate surface area is 139 Å². The Morgan fingerprint density at radius 1 is 1.30 bits per heavy atom. The van der Waals surface area contributed by atoms with Gasteiger partial charge in [0.2, 0.25) is 5.91 Å². The summed E-state index contributed by atoms with van der Waals surface area (Å²) in [7, 11) is 0. The molecule has 0 saturated heterocycles. The molecule has 6 nitrogen and oxygen atoms in total.